The molecule has 1 aliphatic heterocycles. The van der Waals surface area contributed by atoms with Crippen LogP contribution in [0.2, 0.25) is 0 Å². The molecule has 3 N–H and O–H groups in total. The highest BCUT2D eigenvalue weighted by molar-refractivity contribution is 5.90. The van der Waals surface area contributed by atoms with Gasteiger partial charge in [-0.05, 0) is 12.5 Å². The number of fused-ring (bicyclic) bond motifs is 1. The standard InChI is InChI=1S/C14H15NO6/c16-12(17)7-10(14(19)20)15-13(18)9-5-6-21-11-4-2-1-3-8(9)11/h1-4,9-10H,5-7H2,(H,15,18)(H,16,17)(H,19,20)/t9?,10-/m1/s1. The van der Waals surface area contributed by atoms with Crippen molar-refractivity contribution in [1.82, 2.24) is 5.32 Å². The predicted molar refractivity (Wildman–Crippen MR) is 71.1 cm³/mol. The third kappa shape index (κ3) is 3.50. The molecule has 0 saturated carbocycles. The van der Waals surface area contributed by atoms with Crippen LogP contribution in [-0.2, 0) is 14.4 Å². The summed E-state index contributed by atoms with van der Waals surface area (Å²) in [5.74, 6) is -3.10. The number of para-hydroxylation sites is 1. The van der Waals surface area contributed by atoms with E-state index in [1.54, 1.807) is 24.3 Å². The lowest BCUT2D eigenvalue weighted by atomic mass is 9.92. The number of carbonyl (C=O) groups excluding carboxylic acids is 1. The second kappa shape index (κ2) is 6.25. The maximum atomic E-state index is 12.2. The molecule has 0 saturated heterocycles. The van der Waals surface area contributed by atoms with Crippen molar-refractivity contribution < 1.29 is 29.3 Å². The Labute approximate surface area is 120 Å². The van der Waals surface area contributed by atoms with Crippen molar-refractivity contribution in [3.05, 3.63) is 29.8 Å². The van der Waals surface area contributed by atoms with E-state index in [4.69, 9.17) is 14.9 Å². The summed E-state index contributed by atoms with van der Waals surface area (Å²) in [4.78, 5) is 33.9. The molecule has 7 heteroatoms. The van der Waals surface area contributed by atoms with Gasteiger partial charge < -0.3 is 20.3 Å². The van der Waals surface area contributed by atoms with Crippen molar-refractivity contribution in [2.24, 2.45) is 0 Å². The van der Waals surface area contributed by atoms with Crippen LogP contribution in [-0.4, -0.2) is 40.7 Å². The molecule has 1 heterocycles. The van der Waals surface area contributed by atoms with Crippen LogP contribution >= 0.6 is 0 Å². The van der Waals surface area contributed by atoms with Crippen LogP contribution in [0.25, 0.3) is 0 Å². The minimum absolute atomic E-state index is 0.353. The van der Waals surface area contributed by atoms with Gasteiger partial charge in [-0.1, -0.05) is 18.2 Å². The van der Waals surface area contributed by atoms with Gasteiger partial charge in [-0.15, -0.1) is 0 Å². The molecule has 1 aromatic rings. The molecule has 0 aliphatic carbocycles. The Morgan fingerprint density at radius 1 is 1.29 bits per heavy atom. The fourth-order valence-corrected chi connectivity index (χ4v) is 2.26. The molecule has 0 aromatic heterocycles. The average Bonchev–Trinajstić information content (AvgIpc) is 2.45. The highest BCUT2D eigenvalue weighted by Gasteiger charge is 2.31. The smallest absolute Gasteiger partial charge is 0.326 e. The number of carboxylic acids is 2. The van der Waals surface area contributed by atoms with E-state index in [0.29, 0.717) is 24.3 Å². The maximum absolute atomic E-state index is 12.2. The van der Waals surface area contributed by atoms with Crippen LogP contribution in [0, 0.1) is 0 Å². The van der Waals surface area contributed by atoms with E-state index in [1.165, 1.54) is 0 Å². The first kappa shape index (κ1) is 14.8. The number of nitrogens with one attached hydrogen (secondary N) is 1. The summed E-state index contributed by atoms with van der Waals surface area (Å²) in [5.41, 5.74) is 0.681. The van der Waals surface area contributed by atoms with Crippen LogP contribution < -0.4 is 10.1 Å². The molecule has 1 aliphatic rings. The molecule has 0 bridgehead atoms. The van der Waals surface area contributed by atoms with Gasteiger partial charge in [-0.2, -0.15) is 0 Å². The number of carbonyl (C=O) groups is 3. The zero-order valence-corrected chi connectivity index (χ0v) is 11.1. The Kier molecular flexibility index (Phi) is 4.42. The number of rotatable bonds is 5. The van der Waals surface area contributed by atoms with Crippen molar-refractivity contribution in [3.8, 4) is 5.75 Å². The summed E-state index contributed by atoms with van der Waals surface area (Å²) in [6.45, 7) is 0.353. The number of amides is 1. The van der Waals surface area contributed by atoms with Crippen molar-refractivity contribution in [2.45, 2.75) is 24.8 Å². The lowest BCUT2D eigenvalue weighted by molar-refractivity contribution is -0.147. The zero-order valence-electron chi connectivity index (χ0n) is 11.1. The summed E-state index contributed by atoms with van der Waals surface area (Å²) < 4.78 is 5.43. The van der Waals surface area contributed by atoms with Gasteiger partial charge in [0.25, 0.3) is 0 Å². The van der Waals surface area contributed by atoms with Crippen molar-refractivity contribution in [2.75, 3.05) is 6.61 Å². The van der Waals surface area contributed by atoms with Crippen LogP contribution in [0.3, 0.4) is 0 Å². The molecule has 2 atom stereocenters. The predicted octanol–water partition coefficient (Wildman–Crippen LogP) is 0.597. The quantitative estimate of drug-likeness (QED) is 0.732. The van der Waals surface area contributed by atoms with Crippen molar-refractivity contribution in [1.29, 1.82) is 0 Å². The molecule has 2 rings (SSSR count). The second-order valence-electron chi connectivity index (χ2n) is 4.72. The first-order chi connectivity index (χ1) is 9.99. The van der Waals surface area contributed by atoms with E-state index in [2.05, 4.69) is 5.32 Å². The van der Waals surface area contributed by atoms with E-state index in [9.17, 15) is 14.4 Å². The molecular weight excluding hydrogens is 278 g/mol. The largest absolute Gasteiger partial charge is 0.493 e. The maximum Gasteiger partial charge on any atom is 0.326 e. The van der Waals surface area contributed by atoms with E-state index >= 15 is 0 Å². The van der Waals surface area contributed by atoms with Gasteiger partial charge in [0.1, 0.15) is 11.8 Å². The SMILES string of the molecule is O=C(O)C[C@@H](NC(=O)C1CCOc2ccccc21)C(=O)O. The molecule has 0 radical (unpaired) electrons. The second-order valence-corrected chi connectivity index (χ2v) is 4.72. The van der Waals surface area contributed by atoms with Gasteiger partial charge in [-0.3, -0.25) is 9.59 Å². The average molecular weight is 293 g/mol. The molecule has 1 unspecified atom stereocenters. The van der Waals surface area contributed by atoms with Gasteiger partial charge in [-0.25, -0.2) is 4.79 Å². The minimum Gasteiger partial charge on any atom is -0.493 e. The number of benzene rings is 1. The number of hydrogen-bond acceptors (Lipinski definition) is 4. The minimum atomic E-state index is -1.44. The highest BCUT2D eigenvalue weighted by atomic mass is 16.5. The number of aliphatic carboxylic acids is 2. The number of carboxylic acid groups (broad SMARTS) is 2. The fraction of sp³-hybridized carbons (Fsp3) is 0.357. The summed E-state index contributed by atoms with van der Waals surface area (Å²) in [7, 11) is 0. The molecule has 7 nitrogen and oxygen atoms in total. The third-order valence-electron chi connectivity index (χ3n) is 3.27. The van der Waals surface area contributed by atoms with Crippen LogP contribution in [0.4, 0.5) is 0 Å². The summed E-state index contributed by atoms with van der Waals surface area (Å²) in [5, 5.41) is 19.9. The first-order valence-corrected chi connectivity index (χ1v) is 6.45. The zero-order chi connectivity index (χ0) is 15.4. The van der Waals surface area contributed by atoms with Gasteiger partial charge in [0.05, 0.1) is 18.9 Å². The Morgan fingerprint density at radius 2 is 2.00 bits per heavy atom. The Balaban J connectivity index is 2.13. The Morgan fingerprint density at radius 3 is 2.67 bits per heavy atom. The van der Waals surface area contributed by atoms with Gasteiger partial charge >= 0.3 is 11.9 Å². The number of ether oxygens (including phenoxy) is 1. The van der Waals surface area contributed by atoms with Crippen LogP contribution in [0.15, 0.2) is 24.3 Å². The van der Waals surface area contributed by atoms with Crippen molar-refractivity contribution >= 4 is 17.8 Å². The van der Waals surface area contributed by atoms with E-state index < -0.39 is 36.2 Å². The Bertz CT molecular complexity index is 570. The van der Waals surface area contributed by atoms with Gasteiger partial charge in [0, 0.05) is 5.56 Å². The molecule has 1 aromatic carbocycles. The molecule has 0 fully saturated rings. The normalized spacial score (nSPS) is 18.0. The lowest BCUT2D eigenvalue weighted by Crippen LogP contribution is -2.45. The van der Waals surface area contributed by atoms with Crippen molar-refractivity contribution in [3.63, 3.8) is 0 Å². The first-order valence-electron chi connectivity index (χ1n) is 6.45. The molecule has 21 heavy (non-hydrogen) atoms. The summed E-state index contributed by atoms with van der Waals surface area (Å²) >= 11 is 0. The third-order valence-corrected chi connectivity index (χ3v) is 3.27. The number of hydrogen-bond donors (Lipinski definition) is 3. The monoisotopic (exact) mass is 293 g/mol. The molecule has 112 valence electrons. The topological polar surface area (TPSA) is 113 Å². The highest BCUT2D eigenvalue weighted by Crippen LogP contribution is 2.33. The summed E-state index contributed by atoms with van der Waals surface area (Å²) in [6.07, 6.45) is -0.242. The van der Waals surface area contributed by atoms with E-state index in [1.807, 2.05) is 0 Å². The van der Waals surface area contributed by atoms with Gasteiger partial charge in [0.15, 0.2) is 0 Å². The van der Waals surface area contributed by atoms with E-state index in [0.717, 1.165) is 0 Å². The lowest BCUT2D eigenvalue weighted by Gasteiger charge is -2.26. The van der Waals surface area contributed by atoms with Crippen LogP contribution in [0.5, 0.6) is 5.75 Å². The summed E-state index contributed by atoms with van der Waals surface area (Å²) in [6, 6.07) is 5.58. The van der Waals surface area contributed by atoms with E-state index in [-0.39, 0.29) is 0 Å². The fourth-order valence-electron chi connectivity index (χ4n) is 2.26. The molecule has 0 spiro atoms. The van der Waals surface area contributed by atoms with Crippen LogP contribution in [0.1, 0.15) is 24.3 Å². The molecule has 1 amide bonds. The molecular formula is C14H15NO6. The van der Waals surface area contributed by atoms with Gasteiger partial charge in [0.2, 0.25) is 5.91 Å². The Hall–Kier alpha value is -2.57.